The average molecular weight is 224 g/mol. The molecule has 0 aromatic heterocycles. The van der Waals surface area contributed by atoms with Gasteiger partial charge in [-0.05, 0) is 27.7 Å². The highest BCUT2D eigenvalue weighted by Gasteiger charge is 2.47. The van der Waals surface area contributed by atoms with Crippen LogP contribution in [0.3, 0.4) is 0 Å². The fraction of sp³-hybridized carbons (Fsp3) is 0.750. The monoisotopic (exact) mass is 224 g/mol. The fourth-order valence-electron chi connectivity index (χ4n) is 2.44. The van der Waals surface area contributed by atoms with Crippen LogP contribution in [-0.4, -0.2) is 28.2 Å². The number of hydrogen-bond donors (Lipinski definition) is 0. The molecule has 0 saturated carbocycles. The number of carbonyl (C=O) groups is 1. The van der Waals surface area contributed by atoms with Gasteiger partial charge in [0.25, 0.3) is 0 Å². The standard InChI is InChI=1S/C12H18NO3/c1-6-10(14)16-9-7-11(2,3)13(15)12(4,5)8-9/h1,9H,7-8H2,2-5H3. The third-order valence-electron chi connectivity index (χ3n) is 2.95. The molecule has 4 heteroatoms. The lowest BCUT2D eigenvalue weighted by molar-refractivity contribution is -0.299. The molecule has 1 rings (SSSR count). The molecule has 0 N–H and O–H groups in total. The number of nitrogens with zero attached hydrogens (tertiary/aromatic N) is 1. The van der Waals surface area contributed by atoms with Crippen molar-refractivity contribution in [1.82, 2.24) is 5.06 Å². The Morgan fingerprint density at radius 3 is 2.12 bits per heavy atom. The maximum absolute atomic E-state index is 12.0. The summed E-state index contributed by atoms with van der Waals surface area (Å²) in [5.74, 6) is 1.27. The molecule has 0 atom stereocenters. The van der Waals surface area contributed by atoms with Crippen LogP contribution >= 0.6 is 0 Å². The van der Waals surface area contributed by atoms with Gasteiger partial charge in [0, 0.05) is 29.8 Å². The number of ether oxygens (including phenoxy) is 1. The largest absolute Gasteiger partial charge is 0.453 e. The van der Waals surface area contributed by atoms with Crippen LogP contribution in [0.25, 0.3) is 0 Å². The molecule has 0 bridgehead atoms. The molecule has 1 aliphatic heterocycles. The molecule has 0 aromatic carbocycles. The molecule has 1 saturated heterocycles. The summed E-state index contributed by atoms with van der Waals surface area (Å²) in [5.41, 5.74) is -1.08. The summed E-state index contributed by atoms with van der Waals surface area (Å²) in [4.78, 5) is 11.0. The molecule has 1 heterocycles. The normalized spacial score (nSPS) is 24.8. The van der Waals surface area contributed by atoms with E-state index in [4.69, 9.17) is 11.2 Å². The van der Waals surface area contributed by atoms with E-state index < -0.39 is 17.0 Å². The van der Waals surface area contributed by atoms with Gasteiger partial charge in [0.15, 0.2) is 0 Å². The fourth-order valence-corrected chi connectivity index (χ4v) is 2.44. The van der Waals surface area contributed by atoms with Gasteiger partial charge in [0.05, 0.1) is 0 Å². The van der Waals surface area contributed by atoms with Crippen LogP contribution in [0, 0.1) is 12.3 Å². The quantitative estimate of drug-likeness (QED) is 0.385. The predicted octanol–water partition coefficient (Wildman–Crippen LogP) is 1.53. The van der Waals surface area contributed by atoms with E-state index in [2.05, 4.69) is 0 Å². The molecule has 4 nitrogen and oxygen atoms in total. The Morgan fingerprint density at radius 2 is 1.75 bits per heavy atom. The van der Waals surface area contributed by atoms with Gasteiger partial charge in [0.1, 0.15) is 6.10 Å². The highest BCUT2D eigenvalue weighted by atomic mass is 16.5. The van der Waals surface area contributed by atoms with Crippen LogP contribution in [0.4, 0.5) is 0 Å². The highest BCUT2D eigenvalue weighted by molar-refractivity contribution is 5.87. The second-order valence-corrected chi connectivity index (χ2v) is 5.50. The number of hydroxylamine groups is 2. The second-order valence-electron chi connectivity index (χ2n) is 5.50. The smallest absolute Gasteiger partial charge is 0.384 e. The first-order chi connectivity index (χ1) is 7.19. The third-order valence-corrected chi connectivity index (χ3v) is 2.95. The topological polar surface area (TPSA) is 49.4 Å². The minimum Gasteiger partial charge on any atom is -0.453 e. The van der Waals surface area contributed by atoms with Crippen molar-refractivity contribution in [2.24, 2.45) is 0 Å². The molecule has 0 aromatic rings. The Bertz CT molecular complexity index is 310. The summed E-state index contributed by atoms with van der Waals surface area (Å²) in [7, 11) is 0. The van der Waals surface area contributed by atoms with Crippen molar-refractivity contribution in [2.75, 3.05) is 0 Å². The molecule has 0 unspecified atom stereocenters. The zero-order valence-corrected chi connectivity index (χ0v) is 10.2. The van der Waals surface area contributed by atoms with Crippen LogP contribution in [-0.2, 0) is 14.7 Å². The summed E-state index contributed by atoms with van der Waals surface area (Å²) in [6.07, 6.45) is 5.69. The lowest BCUT2D eigenvalue weighted by atomic mass is 9.80. The SMILES string of the molecule is C#CC(=O)OC1CC(C)(C)N([O])C(C)(C)C1. The van der Waals surface area contributed by atoms with Crippen molar-refractivity contribution >= 4 is 5.97 Å². The molecule has 89 valence electrons. The molecule has 16 heavy (non-hydrogen) atoms. The van der Waals surface area contributed by atoms with Crippen molar-refractivity contribution in [1.29, 1.82) is 0 Å². The van der Waals surface area contributed by atoms with Crippen molar-refractivity contribution in [3.8, 4) is 12.3 Å². The van der Waals surface area contributed by atoms with Crippen LogP contribution < -0.4 is 0 Å². The number of piperidine rings is 1. The first kappa shape index (κ1) is 13.0. The van der Waals surface area contributed by atoms with Gasteiger partial charge in [-0.15, -0.1) is 16.7 Å². The van der Waals surface area contributed by atoms with Gasteiger partial charge >= 0.3 is 5.97 Å². The molecule has 1 aliphatic rings. The van der Waals surface area contributed by atoms with E-state index in [1.807, 2.05) is 33.6 Å². The molecular formula is C12H18NO3. The molecule has 0 aliphatic carbocycles. The summed E-state index contributed by atoms with van der Waals surface area (Å²) in [6, 6.07) is 0. The number of rotatable bonds is 1. The summed E-state index contributed by atoms with van der Waals surface area (Å²) < 4.78 is 5.12. The minimum atomic E-state index is -0.657. The van der Waals surface area contributed by atoms with Crippen molar-refractivity contribution in [3.63, 3.8) is 0 Å². The second kappa shape index (κ2) is 4.08. The number of hydrogen-bond acceptors (Lipinski definition) is 3. The summed E-state index contributed by atoms with van der Waals surface area (Å²) >= 11 is 0. The van der Waals surface area contributed by atoms with Crippen LogP contribution in [0.15, 0.2) is 0 Å². The van der Waals surface area contributed by atoms with Crippen LogP contribution in [0.1, 0.15) is 40.5 Å². The maximum atomic E-state index is 12.0. The Hall–Kier alpha value is -1.05. The van der Waals surface area contributed by atoms with E-state index in [9.17, 15) is 10.0 Å². The van der Waals surface area contributed by atoms with E-state index >= 15 is 0 Å². The molecule has 0 amide bonds. The zero-order valence-electron chi connectivity index (χ0n) is 10.2. The van der Waals surface area contributed by atoms with E-state index in [0.29, 0.717) is 12.8 Å². The zero-order chi connectivity index (χ0) is 12.6. The lowest BCUT2D eigenvalue weighted by Gasteiger charge is -2.49. The van der Waals surface area contributed by atoms with E-state index in [0.717, 1.165) is 5.06 Å². The van der Waals surface area contributed by atoms with Crippen molar-refractivity contribution < 1.29 is 14.7 Å². The molecule has 1 radical (unpaired) electrons. The van der Waals surface area contributed by atoms with Gasteiger partial charge in [-0.1, -0.05) is 0 Å². The predicted molar refractivity (Wildman–Crippen MR) is 58.6 cm³/mol. The molecule has 1 fully saturated rings. The minimum absolute atomic E-state index is 0.279. The first-order valence-corrected chi connectivity index (χ1v) is 5.34. The van der Waals surface area contributed by atoms with Crippen molar-refractivity contribution in [2.45, 2.75) is 57.7 Å². The summed E-state index contributed by atoms with van der Waals surface area (Å²) in [5, 5.41) is 13.1. The third kappa shape index (κ3) is 2.55. The first-order valence-electron chi connectivity index (χ1n) is 5.34. The van der Waals surface area contributed by atoms with E-state index in [1.165, 1.54) is 0 Å². The Kier molecular flexibility index (Phi) is 3.32. The molecular weight excluding hydrogens is 206 g/mol. The van der Waals surface area contributed by atoms with Crippen molar-refractivity contribution in [3.05, 3.63) is 0 Å². The van der Waals surface area contributed by atoms with E-state index in [-0.39, 0.29) is 6.10 Å². The Balaban J connectivity index is 2.80. The van der Waals surface area contributed by atoms with Gasteiger partial charge in [-0.2, -0.15) is 0 Å². The van der Waals surface area contributed by atoms with Crippen LogP contribution in [0.2, 0.25) is 0 Å². The van der Waals surface area contributed by atoms with Gasteiger partial charge in [0.2, 0.25) is 0 Å². The number of esters is 1. The average Bonchev–Trinajstić information content (AvgIpc) is 2.13. The highest BCUT2D eigenvalue weighted by Crippen LogP contribution is 2.38. The van der Waals surface area contributed by atoms with Gasteiger partial charge in [-0.25, -0.2) is 4.79 Å². The lowest BCUT2D eigenvalue weighted by Crippen LogP contribution is -2.60. The Morgan fingerprint density at radius 1 is 1.31 bits per heavy atom. The van der Waals surface area contributed by atoms with Gasteiger partial charge < -0.3 is 4.74 Å². The van der Waals surface area contributed by atoms with Crippen LogP contribution in [0.5, 0.6) is 0 Å². The molecule has 0 spiro atoms. The maximum Gasteiger partial charge on any atom is 0.384 e. The number of carbonyl (C=O) groups excluding carboxylic acids is 1. The Labute approximate surface area is 96.5 Å². The van der Waals surface area contributed by atoms with Gasteiger partial charge in [-0.3, -0.25) is 0 Å². The van der Waals surface area contributed by atoms with E-state index in [1.54, 1.807) is 0 Å². The number of terminal acetylenes is 1. The summed E-state index contributed by atoms with van der Waals surface area (Å²) in [6.45, 7) is 7.38.